The number of rotatable bonds is 1. The molecule has 0 fully saturated rings. The number of hydrogen-bond acceptors (Lipinski definition) is 4. The molecule has 7 aromatic rings. The van der Waals surface area contributed by atoms with E-state index in [0.717, 1.165) is 66.5 Å². The Morgan fingerprint density at radius 3 is 2.17 bits per heavy atom. The predicted octanol–water partition coefficient (Wildman–Crippen LogP) is 8.25. The van der Waals surface area contributed by atoms with Gasteiger partial charge in [-0.05, 0) is 59.7 Å². The quantitative estimate of drug-likeness (QED) is 0.252. The second kappa shape index (κ2) is 6.36. The fraction of sp³-hybridized carbons (Fsp3) is 0.0968. The van der Waals surface area contributed by atoms with Crippen LogP contribution in [0.5, 0.6) is 0 Å². The van der Waals surface area contributed by atoms with E-state index in [9.17, 15) is 0 Å². The van der Waals surface area contributed by atoms with Gasteiger partial charge in [-0.25, -0.2) is 4.98 Å². The van der Waals surface area contributed by atoms with E-state index in [2.05, 4.69) is 67.4 Å². The van der Waals surface area contributed by atoms with Crippen molar-refractivity contribution < 1.29 is 8.83 Å². The van der Waals surface area contributed by atoms with E-state index < -0.39 is 0 Å². The van der Waals surface area contributed by atoms with Crippen LogP contribution in [0, 0.1) is 0 Å². The van der Waals surface area contributed by atoms with Crippen molar-refractivity contribution in [3.63, 3.8) is 0 Å². The van der Waals surface area contributed by atoms with Gasteiger partial charge >= 0.3 is 0 Å². The Morgan fingerprint density at radius 2 is 1.31 bits per heavy atom. The van der Waals surface area contributed by atoms with Crippen molar-refractivity contribution in [1.82, 2.24) is 9.97 Å². The number of furan rings is 2. The number of pyridine rings is 2. The summed E-state index contributed by atoms with van der Waals surface area (Å²) in [7, 11) is 0. The SMILES string of the molecule is CC1(C)c2cccnc2-c2nc(-c3ccc4oc5cc6c(cc5c4c3)oc3ccccc36)ccc21. The van der Waals surface area contributed by atoms with E-state index in [-0.39, 0.29) is 5.41 Å². The van der Waals surface area contributed by atoms with E-state index in [1.54, 1.807) is 0 Å². The highest BCUT2D eigenvalue weighted by molar-refractivity contribution is 6.15. The second-order valence-corrected chi connectivity index (χ2v) is 9.87. The minimum Gasteiger partial charge on any atom is -0.456 e. The van der Waals surface area contributed by atoms with Crippen molar-refractivity contribution in [2.45, 2.75) is 19.3 Å². The van der Waals surface area contributed by atoms with Gasteiger partial charge in [0.05, 0.1) is 17.1 Å². The Morgan fingerprint density at radius 1 is 0.600 bits per heavy atom. The average Bonchev–Trinajstić information content (AvgIpc) is 3.50. The Kier molecular flexibility index (Phi) is 3.44. The first-order valence-corrected chi connectivity index (χ1v) is 11.8. The first kappa shape index (κ1) is 18.9. The molecule has 0 amide bonds. The molecule has 35 heavy (non-hydrogen) atoms. The first-order chi connectivity index (χ1) is 17.1. The number of hydrogen-bond donors (Lipinski definition) is 0. The highest BCUT2D eigenvalue weighted by Gasteiger charge is 2.37. The fourth-order valence-corrected chi connectivity index (χ4v) is 5.70. The van der Waals surface area contributed by atoms with Gasteiger partial charge in [0, 0.05) is 38.7 Å². The summed E-state index contributed by atoms with van der Waals surface area (Å²) >= 11 is 0. The molecule has 0 unspecified atom stereocenters. The molecule has 8 rings (SSSR count). The van der Waals surface area contributed by atoms with Crippen LogP contribution in [0.25, 0.3) is 66.5 Å². The average molecular weight is 453 g/mol. The molecule has 0 atom stereocenters. The third-order valence-electron chi connectivity index (χ3n) is 7.54. The molecule has 1 aliphatic rings. The smallest absolute Gasteiger partial charge is 0.136 e. The maximum absolute atomic E-state index is 6.25. The maximum atomic E-state index is 6.25. The summed E-state index contributed by atoms with van der Waals surface area (Å²) in [6, 6.07) is 27.1. The molecule has 166 valence electrons. The van der Waals surface area contributed by atoms with Gasteiger partial charge in [0.15, 0.2) is 0 Å². The van der Waals surface area contributed by atoms with Crippen LogP contribution in [0.1, 0.15) is 25.0 Å². The predicted molar refractivity (Wildman–Crippen MR) is 140 cm³/mol. The second-order valence-electron chi connectivity index (χ2n) is 9.87. The molecule has 0 N–H and O–H groups in total. The zero-order valence-corrected chi connectivity index (χ0v) is 19.3. The summed E-state index contributed by atoms with van der Waals surface area (Å²) < 4.78 is 12.4. The van der Waals surface area contributed by atoms with Crippen molar-refractivity contribution in [3.05, 3.63) is 96.2 Å². The van der Waals surface area contributed by atoms with Crippen LogP contribution < -0.4 is 0 Å². The van der Waals surface area contributed by atoms with Crippen LogP contribution in [0.4, 0.5) is 0 Å². The summed E-state index contributed by atoms with van der Waals surface area (Å²) in [6.07, 6.45) is 1.85. The molecule has 4 heterocycles. The lowest BCUT2D eigenvalue weighted by molar-refractivity contribution is 0.658. The van der Waals surface area contributed by atoms with E-state index in [4.69, 9.17) is 13.8 Å². The van der Waals surface area contributed by atoms with Crippen molar-refractivity contribution in [3.8, 4) is 22.6 Å². The Bertz CT molecular complexity index is 1990. The van der Waals surface area contributed by atoms with Crippen molar-refractivity contribution >= 4 is 43.9 Å². The Labute approximate surface area is 200 Å². The molecule has 4 nitrogen and oxygen atoms in total. The zero-order valence-electron chi connectivity index (χ0n) is 19.3. The first-order valence-electron chi connectivity index (χ1n) is 11.8. The van der Waals surface area contributed by atoms with Crippen LogP contribution in [-0.4, -0.2) is 9.97 Å². The van der Waals surface area contributed by atoms with E-state index in [1.807, 2.05) is 36.5 Å². The maximum Gasteiger partial charge on any atom is 0.136 e. The number of aromatic nitrogens is 2. The van der Waals surface area contributed by atoms with Crippen molar-refractivity contribution in [2.24, 2.45) is 0 Å². The third-order valence-corrected chi connectivity index (χ3v) is 7.54. The molecule has 0 saturated carbocycles. The summed E-state index contributed by atoms with van der Waals surface area (Å²) in [6.45, 7) is 4.48. The van der Waals surface area contributed by atoms with Gasteiger partial charge in [-0.3, -0.25) is 4.98 Å². The van der Waals surface area contributed by atoms with Crippen molar-refractivity contribution in [2.75, 3.05) is 0 Å². The topological polar surface area (TPSA) is 52.1 Å². The Balaban J connectivity index is 1.33. The molecule has 0 aliphatic heterocycles. The highest BCUT2D eigenvalue weighted by Crippen LogP contribution is 2.47. The Hall–Kier alpha value is -4.44. The number of benzene rings is 3. The standard InChI is InChI=1S/C31H20N2O2/c1-31(2)22-7-5-13-32-29(22)30-23(31)10-11-24(33-30)17-9-12-26-19(14-17)21-16-27-20(15-28(21)35-26)18-6-3-4-8-25(18)34-27/h3-16H,1-2H3. The van der Waals surface area contributed by atoms with Gasteiger partial charge in [0.2, 0.25) is 0 Å². The molecule has 0 radical (unpaired) electrons. The van der Waals surface area contributed by atoms with Crippen LogP contribution in [-0.2, 0) is 5.41 Å². The fourth-order valence-electron chi connectivity index (χ4n) is 5.70. The normalized spacial score (nSPS) is 14.2. The lowest BCUT2D eigenvalue weighted by Crippen LogP contribution is -2.15. The molecular formula is C31H20N2O2. The van der Waals surface area contributed by atoms with Gasteiger partial charge in [0.1, 0.15) is 22.3 Å². The molecule has 3 aromatic carbocycles. The molecule has 0 spiro atoms. The minimum absolute atomic E-state index is 0.104. The summed E-state index contributed by atoms with van der Waals surface area (Å²) in [5, 5.41) is 4.27. The van der Waals surface area contributed by atoms with Crippen LogP contribution >= 0.6 is 0 Å². The lowest BCUT2D eigenvalue weighted by Gasteiger charge is -2.20. The molecule has 0 bridgehead atoms. The van der Waals surface area contributed by atoms with E-state index >= 15 is 0 Å². The van der Waals surface area contributed by atoms with Gasteiger partial charge in [-0.15, -0.1) is 0 Å². The summed E-state index contributed by atoms with van der Waals surface area (Å²) in [4.78, 5) is 9.77. The van der Waals surface area contributed by atoms with Gasteiger partial charge < -0.3 is 8.83 Å². The molecule has 4 heteroatoms. The third kappa shape index (κ3) is 2.46. The number of para-hydroxylation sites is 1. The zero-order chi connectivity index (χ0) is 23.3. The van der Waals surface area contributed by atoms with Crippen LogP contribution in [0.2, 0.25) is 0 Å². The summed E-state index contributed by atoms with van der Waals surface area (Å²) in [5.74, 6) is 0. The van der Waals surface area contributed by atoms with Crippen molar-refractivity contribution in [1.29, 1.82) is 0 Å². The molecule has 0 saturated heterocycles. The monoisotopic (exact) mass is 452 g/mol. The number of fused-ring (bicyclic) bond motifs is 9. The summed E-state index contributed by atoms with van der Waals surface area (Å²) in [5.41, 5.74) is 9.75. The largest absolute Gasteiger partial charge is 0.456 e. The molecule has 4 aromatic heterocycles. The highest BCUT2D eigenvalue weighted by atomic mass is 16.3. The van der Waals surface area contributed by atoms with E-state index in [1.165, 1.54) is 11.1 Å². The lowest BCUT2D eigenvalue weighted by atomic mass is 9.83. The van der Waals surface area contributed by atoms with Gasteiger partial charge in [-0.1, -0.05) is 44.2 Å². The van der Waals surface area contributed by atoms with Gasteiger partial charge in [0.25, 0.3) is 0 Å². The van der Waals surface area contributed by atoms with Crippen LogP contribution in [0.3, 0.4) is 0 Å². The van der Waals surface area contributed by atoms with Gasteiger partial charge in [-0.2, -0.15) is 0 Å². The van der Waals surface area contributed by atoms with Crippen LogP contribution in [0.15, 0.2) is 93.9 Å². The minimum atomic E-state index is -0.104. The molecule has 1 aliphatic carbocycles. The van der Waals surface area contributed by atoms with E-state index in [0.29, 0.717) is 0 Å². The number of nitrogens with zero attached hydrogens (tertiary/aromatic N) is 2. The molecular weight excluding hydrogens is 432 g/mol.